The second kappa shape index (κ2) is 9.97. The smallest absolute Gasteiger partial charge is 0.268 e. The van der Waals surface area contributed by atoms with Crippen molar-refractivity contribution in [3.63, 3.8) is 0 Å². The number of ether oxygens (including phenoxy) is 1. The quantitative estimate of drug-likeness (QED) is 0.216. The van der Waals surface area contributed by atoms with E-state index >= 15 is 0 Å². The third-order valence-electron chi connectivity index (χ3n) is 3.73. The highest BCUT2D eigenvalue weighted by Gasteiger charge is 2.25. The van der Waals surface area contributed by atoms with E-state index in [9.17, 15) is 14.7 Å². The number of aliphatic hydroxyl groups is 1. The summed E-state index contributed by atoms with van der Waals surface area (Å²) >= 11 is 0. The predicted molar refractivity (Wildman–Crippen MR) is 103 cm³/mol. The zero-order valence-corrected chi connectivity index (χ0v) is 15.2. The Kier molecular flexibility index (Phi) is 7.39. The van der Waals surface area contributed by atoms with Crippen LogP contribution in [0.25, 0.3) is 0 Å². The lowest BCUT2D eigenvalue weighted by Crippen LogP contribution is -2.51. The molecule has 0 heterocycles. The van der Waals surface area contributed by atoms with Crippen LogP contribution in [0.15, 0.2) is 48.5 Å². The van der Waals surface area contributed by atoms with Crippen LogP contribution in [-0.4, -0.2) is 40.9 Å². The van der Waals surface area contributed by atoms with Gasteiger partial charge in [-0.2, -0.15) is 0 Å². The first-order valence-corrected chi connectivity index (χ1v) is 8.41. The maximum atomic E-state index is 12.2. The molecule has 146 valence electrons. The molecule has 28 heavy (non-hydrogen) atoms. The molecule has 8 heteroatoms. The fourth-order valence-electron chi connectivity index (χ4n) is 2.23. The van der Waals surface area contributed by atoms with Crippen LogP contribution in [0.1, 0.15) is 22.8 Å². The molecule has 0 bridgehead atoms. The van der Waals surface area contributed by atoms with Crippen LogP contribution in [0.5, 0.6) is 5.75 Å². The molecule has 2 amide bonds. The van der Waals surface area contributed by atoms with Crippen molar-refractivity contribution in [2.75, 3.05) is 12.3 Å². The fraction of sp³-hybridized carbons (Fsp3) is 0.200. The van der Waals surface area contributed by atoms with Crippen molar-refractivity contribution in [3.8, 4) is 17.6 Å². The van der Waals surface area contributed by atoms with Crippen molar-refractivity contribution in [2.24, 2.45) is 0 Å². The number of benzene rings is 2. The number of hydroxylamine groups is 1. The highest BCUT2D eigenvalue weighted by atomic mass is 16.5. The number of nitrogens with two attached hydrogens (primary N) is 1. The monoisotopic (exact) mass is 383 g/mol. The Morgan fingerprint density at radius 3 is 2.36 bits per heavy atom. The Bertz CT molecular complexity index is 867. The van der Waals surface area contributed by atoms with Crippen molar-refractivity contribution >= 4 is 17.5 Å². The second-order valence-electron chi connectivity index (χ2n) is 5.90. The average Bonchev–Trinajstić information content (AvgIpc) is 2.70. The molecule has 0 aliphatic heterocycles. The number of hydrogen-bond acceptors (Lipinski definition) is 6. The number of nitrogens with one attached hydrogen (secondary N) is 2. The first-order valence-electron chi connectivity index (χ1n) is 8.41. The molecule has 2 atom stereocenters. The summed E-state index contributed by atoms with van der Waals surface area (Å²) in [5, 5.41) is 20.6. The number of carbonyl (C=O) groups is 2. The van der Waals surface area contributed by atoms with Gasteiger partial charge in [-0.25, -0.2) is 5.48 Å². The topological polar surface area (TPSA) is 134 Å². The van der Waals surface area contributed by atoms with Gasteiger partial charge in [0.05, 0.1) is 6.10 Å². The summed E-state index contributed by atoms with van der Waals surface area (Å²) in [5.74, 6) is 4.84. The number of hydrogen-bond donors (Lipinski definition) is 5. The highest BCUT2D eigenvalue weighted by molar-refractivity contribution is 5.97. The molecule has 2 rings (SSSR count). The number of carbonyl (C=O) groups excluding carboxylic acids is 2. The normalized spacial score (nSPS) is 12.1. The lowest BCUT2D eigenvalue weighted by molar-refractivity contribution is -0.133. The molecule has 8 nitrogen and oxygen atoms in total. The summed E-state index contributed by atoms with van der Waals surface area (Å²) in [7, 11) is 0. The third kappa shape index (κ3) is 6.02. The molecule has 0 spiro atoms. The molecule has 0 aromatic heterocycles. The Morgan fingerprint density at radius 2 is 1.79 bits per heavy atom. The molecule has 0 aliphatic carbocycles. The SMILES string of the molecule is CC(O)C(NC(=O)c1ccc(OCC#Cc2ccc(N)cc2)cc1)C(=O)NO. The Hall–Kier alpha value is -3.54. The van der Waals surface area contributed by atoms with E-state index < -0.39 is 24.0 Å². The van der Waals surface area contributed by atoms with E-state index in [1.54, 1.807) is 24.3 Å². The lowest BCUT2D eigenvalue weighted by atomic mass is 10.1. The molecule has 0 saturated carbocycles. The minimum Gasteiger partial charge on any atom is -0.481 e. The number of anilines is 1. The number of amides is 2. The second-order valence-corrected chi connectivity index (χ2v) is 5.90. The largest absolute Gasteiger partial charge is 0.481 e. The van der Waals surface area contributed by atoms with Gasteiger partial charge in [-0.05, 0) is 55.5 Å². The maximum Gasteiger partial charge on any atom is 0.268 e. The van der Waals surface area contributed by atoms with Gasteiger partial charge in [-0.15, -0.1) is 0 Å². The Morgan fingerprint density at radius 1 is 1.14 bits per heavy atom. The van der Waals surface area contributed by atoms with Crippen LogP contribution in [0.3, 0.4) is 0 Å². The zero-order valence-electron chi connectivity index (χ0n) is 15.2. The Balaban J connectivity index is 1.91. The van der Waals surface area contributed by atoms with Gasteiger partial charge in [0.1, 0.15) is 18.4 Å². The van der Waals surface area contributed by atoms with Crippen LogP contribution < -0.4 is 21.3 Å². The number of nitrogen functional groups attached to an aromatic ring is 1. The molecule has 2 aromatic carbocycles. The van der Waals surface area contributed by atoms with Gasteiger partial charge in [-0.3, -0.25) is 14.8 Å². The zero-order chi connectivity index (χ0) is 20.5. The van der Waals surface area contributed by atoms with Crippen LogP contribution in [0.2, 0.25) is 0 Å². The highest BCUT2D eigenvalue weighted by Crippen LogP contribution is 2.12. The van der Waals surface area contributed by atoms with E-state index in [2.05, 4.69) is 17.2 Å². The first kappa shape index (κ1) is 20.8. The molecule has 0 radical (unpaired) electrons. The molecule has 0 aliphatic rings. The van der Waals surface area contributed by atoms with Crippen LogP contribution in [0.4, 0.5) is 5.69 Å². The van der Waals surface area contributed by atoms with Crippen molar-refractivity contribution < 1.29 is 24.6 Å². The summed E-state index contributed by atoms with van der Waals surface area (Å²) in [6.45, 7) is 1.49. The molecule has 6 N–H and O–H groups in total. The molecule has 2 unspecified atom stereocenters. The van der Waals surface area contributed by atoms with Crippen LogP contribution >= 0.6 is 0 Å². The molecule has 2 aromatic rings. The molecule has 0 fully saturated rings. The van der Waals surface area contributed by atoms with Gasteiger partial charge in [-0.1, -0.05) is 11.8 Å². The van der Waals surface area contributed by atoms with E-state index in [4.69, 9.17) is 15.7 Å². The van der Waals surface area contributed by atoms with Crippen LogP contribution in [0, 0.1) is 11.8 Å². The third-order valence-corrected chi connectivity index (χ3v) is 3.73. The van der Waals surface area contributed by atoms with Gasteiger partial charge >= 0.3 is 0 Å². The summed E-state index contributed by atoms with van der Waals surface area (Å²) in [5.41, 5.74) is 8.77. The fourth-order valence-corrected chi connectivity index (χ4v) is 2.23. The summed E-state index contributed by atoms with van der Waals surface area (Å²) in [6.07, 6.45) is -1.18. The van der Waals surface area contributed by atoms with Gasteiger partial charge in [0, 0.05) is 16.8 Å². The minimum absolute atomic E-state index is 0.163. The van der Waals surface area contributed by atoms with Gasteiger partial charge < -0.3 is 20.9 Å². The molecular weight excluding hydrogens is 362 g/mol. The van der Waals surface area contributed by atoms with Crippen molar-refractivity contribution in [1.82, 2.24) is 10.8 Å². The molecular formula is C20H21N3O5. The predicted octanol–water partition coefficient (Wildman–Crippen LogP) is 0.684. The molecule has 0 saturated heterocycles. The van der Waals surface area contributed by atoms with E-state index in [-0.39, 0.29) is 12.2 Å². The van der Waals surface area contributed by atoms with Gasteiger partial charge in [0.15, 0.2) is 0 Å². The number of rotatable bonds is 6. The van der Waals surface area contributed by atoms with E-state index in [0.29, 0.717) is 11.4 Å². The maximum absolute atomic E-state index is 12.2. The minimum atomic E-state index is -1.28. The van der Waals surface area contributed by atoms with Crippen molar-refractivity contribution in [3.05, 3.63) is 59.7 Å². The van der Waals surface area contributed by atoms with Gasteiger partial charge in [0.2, 0.25) is 0 Å². The van der Waals surface area contributed by atoms with E-state index in [0.717, 1.165) is 5.56 Å². The average molecular weight is 383 g/mol. The van der Waals surface area contributed by atoms with Gasteiger partial charge in [0.25, 0.3) is 11.8 Å². The summed E-state index contributed by atoms with van der Waals surface area (Å²) < 4.78 is 5.49. The van der Waals surface area contributed by atoms with Crippen molar-refractivity contribution in [1.29, 1.82) is 0 Å². The first-order chi connectivity index (χ1) is 13.4. The van der Waals surface area contributed by atoms with Crippen LogP contribution in [-0.2, 0) is 4.79 Å². The number of aliphatic hydroxyl groups excluding tert-OH is 1. The Labute approximate surface area is 162 Å². The standard InChI is InChI=1S/C20H21N3O5/c1-13(24)18(20(26)23-27)22-19(25)15-6-10-17(11-7-15)28-12-2-3-14-4-8-16(21)9-5-14/h4-11,13,18,24,27H,12,21H2,1H3,(H,22,25)(H,23,26). The van der Waals surface area contributed by atoms with E-state index in [1.807, 2.05) is 12.1 Å². The lowest BCUT2D eigenvalue weighted by Gasteiger charge is -2.19. The van der Waals surface area contributed by atoms with Crippen molar-refractivity contribution in [2.45, 2.75) is 19.1 Å². The summed E-state index contributed by atoms with van der Waals surface area (Å²) in [6, 6.07) is 12.1. The van der Waals surface area contributed by atoms with E-state index in [1.165, 1.54) is 24.5 Å². The summed E-state index contributed by atoms with van der Waals surface area (Å²) in [4.78, 5) is 23.6.